The van der Waals surface area contributed by atoms with Crippen molar-refractivity contribution in [3.05, 3.63) is 23.3 Å². The molecule has 0 saturated heterocycles. The minimum atomic E-state index is -5.22. The average molecular weight is 577 g/mol. The second kappa shape index (κ2) is 13.6. The number of hydrogen-bond donors (Lipinski definition) is 0. The highest BCUT2D eigenvalue weighted by Gasteiger charge is 2.48. The SMILES string of the molecule is CCCC1CCC(C2CCC(C3CCC(COc4ccc(OCC)c(C(F)(F)F)c4C(F)(F)F)CC3)CC2)CC1. The first-order chi connectivity index (χ1) is 19.0. The van der Waals surface area contributed by atoms with Crippen LogP contribution >= 0.6 is 0 Å². The van der Waals surface area contributed by atoms with Gasteiger partial charge in [-0.3, -0.25) is 0 Å². The third-order valence-corrected chi connectivity index (χ3v) is 10.1. The average Bonchev–Trinajstić information content (AvgIpc) is 2.92. The molecule has 2 nitrogen and oxygen atoms in total. The molecule has 0 aliphatic heterocycles. The summed E-state index contributed by atoms with van der Waals surface area (Å²) in [5.41, 5.74) is -3.61. The molecule has 3 saturated carbocycles. The first kappa shape index (κ1) is 31.3. The van der Waals surface area contributed by atoms with E-state index in [1.54, 1.807) is 0 Å². The minimum Gasteiger partial charge on any atom is -0.493 e. The summed E-state index contributed by atoms with van der Waals surface area (Å²) in [6.07, 6.45) is 6.81. The van der Waals surface area contributed by atoms with Crippen LogP contribution < -0.4 is 9.47 Å². The number of halogens is 6. The topological polar surface area (TPSA) is 18.5 Å². The van der Waals surface area contributed by atoms with Gasteiger partial charge in [-0.05, 0) is 119 Å². The highest BCUT2D eigenvalue weighted by Crippen LogP contribution is 2.50. The van der Waals surface area contributed by atoms with Crippen LogP contribution in [0.25, 0.3) is 0 Å². The van der Waals surface area contributed by atoms with Crippen molar-refractivity contribution in [2.75, 3.05) is 13.2 Å². The Bertz CT molecular complexity index is 919. The first-order valence-electron chi connectivity index (χ1n) is 15.6. The maximum Gasteiger partial charge on any atom is 0.420 e. The van der Waals surface area contributed by atoms with Gasteiger partial charge < -0.3 is 9.47 Å². The Labute approximate surface area is 235 Å². The molecule has 1 aromatic carbocycles. The predicted molar refractivity (Wildman–Crippen MR) is 144 cm³/mol. The lowest BCUT2D eigenvalue weighted by atomic mass is 9.65. The summed E-state index contributed by atoms with van der Waals surface area (Å²) in [5, 5.41) is 0. The van der Waals surface area contributed by atoms with Crippen LogP contribution in [0.5, 0.6) is 11.5 Å². The highest BCUT2D eigenvalue weighted by atomic mass is 19.4. The maximum absolute atomic E-state index is 13.8. The Hall–Kier alpha value is -1.60. The molecular formula is C32H46F6O2. The van der Waals surface area contributed by atoms with Gasteiger partial charge in [-0.25, -0.2) is 0 Å². The van der Waals surface area contributed by atoms with Crippen molar-refractivity contribution in [3.63, 3.8) is 0 Å². The van der Waals surface area contributed by atoms with Crippen molar-refractivity contribution < 1.29 is 35.8 Å². The molecule has 1 aromatic rings. The summed E-state index contributed by atoms with van der Waals surface area (Å²) in [6.45, 7) is 3.53. The number of ether oxygens (including phenoxy) is 2. The predicted octanol–water partition coefficient (Wildman–Crippen LogP) is 10.7. The number of hydrogen-bond acceptors (Lipinski definition) is 2. The molecule has 0 bridgehead atoms. The molecule has 0 radical (unpaired) electrons. The molecule has 0 amide bonds. The van der Waals surface area contributed by atoms with Crippen LogP contribution in [0.3, 0.4) is 0 Å². The summed E-state index contributed by atoms with van der Waals surface area (Å²) >= 11 is 0. The fourth-order valence-corrected chi connectivity index (χ4v) is 8.00. The molecule has 4 rings (SSSR count). The Morgan fingerprint density at radius 1 is 0.575 bits per heavy atom. The lowest BCUT2D eigenvalue weighted by molar-refractivity contribution is -0.164. The van der Waals surface area contributed by atoms with Crippen LogP contribution in [0, 0.1) is 35.5 Å². The fraction of sp³-hybridized carbons (Fsp3) is 0.812. The number of alkyl halides is 6. The van der Waals surface area contributed by atoms with Crippen molar-refractivity contribution in [2.45, 2.75) is 116 Å². The van der Waals surface area contributed by atoms with Gasteiger partial charge in [0.2, 0.25) is 0 Å². The van der Waals surface area contributed by atoms with Crippen molar-refractivity contribution >= 4 is 0 Å². The third-order valence-electron chi connectivity index (χ3n) is 10.1. The zero-order valence-electron chi connectivity index (χ0n) is 24.0. The Morgan fingerprint density at radius 2 is 0.950 bits per heavy atom. The second-order valence-corrected chi connectivity index (χ2v) is 12.6. The zero-order valence-corrected chi connectivity index (χ0v) is 24.0. The Balaban J connectivity index is 1.27. The van der Waals surface area contributed by atoms with E-state index in [4.69, 9.17) is 9.47 Å². The van der Waals surface area contributed by atoms with E-state index in [0.29, 0.717) is 5.92 Å². The molecule has 0 unspecified atom stereocenters. The molecule has 0 aromatic heterocycles. The van der Waals surface area contributed by atoms with Gasteiger partial charge in [0.25, 0.3) is 0 Å². The Kier molecular flexibility index (Phi) is 10.6. The van der Waals surface area contributed by atoms with E-state index in [0.717, 1.165) is 61.5 Å². The van der Waals surface area contributed by atoms with E-state index in [1.807, 2.05) is 0 Å². The summed E-state index contributed by atoms with van der Waals surface area (Å²) in [4.78, 5) is 0. The second-order valence-electron chi connectivity index (χ2n) is 12.6. The van der Waals surface area contributed by atoms with Crippen molar-refractivity contribution in [1.29, 1.82) is 0 Å². The summed E-state index contributed by atoms with van der Waals surface area (Å²) in [6, 6.07) is 1.89. The van der Waals surface area contributed by atoms with E-state index in [1.165, 1.54) is 71.1 Å². The van der Waals surface area contributed by atoms with Crippen LogP contribution in [0.2, 0.25) is 0 Å². The molecule has 0 heterocycles. The maximum atomic E-state index is 13.8. The van der Waals surface area contributed by atoms with Gasteiger partial charge in [0.1, 0.15) is 22.6 Å². The molecule has 40 heavy (non-hydrogen) atoms. The van der Waals surface area contributed by atoms with E-state index in [-0.39, 0.29) is 19.1 Å². The molecule has 3 fully saturated rings. The number of rotatable bonds is 9. The zero-order chi connectivity index (χ0) is 28.9. The summed E-state index contributed by atoms with van der Waals surface area (Å²) in [5.74, 6) is 2.55. The largest absolute Gasteiger partial charge is 0.493 e. The standard InChI is InChI=1S/C32H46F6O2/c1-3-5-21-6-10-23(11-7-21)25-14-16-26(17-15-25)24-12-8-22(9-13-24)20-40-28-19-18-27(39-4-2)29(31(33,34)35)30(28)32(36,37)38/h18-19,21-26H,3-17,20H2,1-2H3. The highest BCUT2D eigenvalue weighted by molar-refractivity contribution is 5.52. The molecular weight excluding hydrogens is 530 g/mol. The fourth-order valence-electron chi connectivity index (χ4n) is 8.00. The third kappa shape index (κ3) is 7.81. The van der Waals surface area contributed by atoms with Gasteiger partial charge >= 0.3 is 12.4 Å². The van der Waals surface area contributed by atoms with E-state index < -0.39 is 35.0 Å². The lowest BCUT2D eigenvalue weighted by Crippen LogP contribution is -2.30. The van der Waals surface area contributed by atoms with E-state index >= 15 is 0 Å². The smallest absolute Gasteiger partial charge is 0.420 e. The van der Waals surface area contributed by atoms with Crippen molar-refractivity contribution in [3.8, 4) is 11.5 Å². The molecule has 0 N–H and O–H groups in total. The monoisotopic (exact) mass is 576 g/mol. The molecule has 8 heteroatoms. The molecule has 3 aliphatic rings. The molecule has 0 spiro atoms. The minimum absolute atomic E-state index is 0.00543. The summed E-state index contributed by atoms with van der Waals surface area (Å²) < 4.78 is 93.0. The molecule has 0 atom stereocenters. The van der Waals surface area contributed by atoms with Crippen LogP contribution in [-0.2, 0) is 12.4 Å². The van der Waals surface area contributed by atoms with Gasteiger partial charge in [0, 0.05) is 0 Å². The lowest BCUT2D eigenvalue weighted by Gasteiger charge is -2.41. The number of benzene rings is 1. The summed E-state index contributed by atoms with van der Waals surface area (Å²) in [7, 11) is 0. The molecule has 228 valence electrons. The van der Waals surface area contributed by atoms with E-state index in [2.05, 4.69) is 6.92 Å². The first-order valence-corrected chi connectivity index (χ1v) is 15.6. The van der Waals surface area contributed by atoms with Crippen LogP contribution in [0.1, 0.15) is 115 Å². The Morgan fingerprint density at radius 3 is 1.32 bits per heavy atom. The van der Waals surface area contributed by atoms with E-state index in [9.17, 15) is 26.3 Å². The van der Waals surface area contributed by atoms with Gasteiger partial charge in [-0.2, -0.15) is 26.3 Å². The van der Waals surface area contributed by atoms with Crippen LogP contribution in [0.4, 0.5) is 26.3 Å². The normalized spacial score (nSPS) is 30.2. The van der Waals surface area contributed by atoms with Gasteiger partial charge in [-0.15, -0.1) is 0 Å². The van der Waals surface area contributed by atoms with Gasteiger partial charge in [0.15, 0.2) is 0 Å². The molecule has 3 aliphatic carbocycles. The van der Waals surface area contributed by atoms with Gasteiger partial charge in [-0.1, -0.05) is 32.6 Å². The van der Waals surface area contributed by atoms with Gasteiger partial charge in [0.05, 0.1) is 13.2 Å². The van der Waals surface area contributed by atoms with Crippen LogP contribution in [-0.4, -0.2) is 13.2 Å². The van der Waals surface area contributed by atoms with Crippen molar-refractivity contribution in [1.82, 2.24) is 0 Å². The van der Waals surface area contributed by atoms with Crippen molar-refractivity contribution in [2.24, 2.45) is 35.5 Å². The quantitative estimate of drug-likeness (QED) is 0.272. The van der Waals surface area contributed by atoms with Crippen LogP contribution in [0.15, 0.2) is 12.1 Å².